The van der Waals surface area contributed by atoms with Crippen molar-refractivity contribution in [3.8, 4) is 11.3 Å². The molecule has 1 aliphatic heterocycles. The second kappa shape index (κ2) is 12.2. The van der Waals surface area contributed by atoms with E-state index in [9.17, 15) is 5.11 Å². The Balaban J connectivity index is 1.47. The van der Waals surface area contributed by atoms with E-state index >= 15 is 0 Å². The van der Waals surface area contributed by atoms with Crippen LogP contribution in [0.2, 0.25) is 0 Å². The molecule has 2 aromatic carbocycles. The van der Waals surface area contributed by atoms with E-state index in [0.29, 0.717) is 32.2 Å². The third kappa shape index (κ3) is 6.69. The van der Waals surface area contributed by atoms with Crippen molar-refractivity contribution >= 4 is 5.88 Å². The summed E-state index contributed by atoms with van der Waals surface area (Å²) in [5.74, 6) is 1.34. The molecular weight excluding hydrogens is 426 g/mol. The maximum Gasteiger partial charge on any atom is 0.232 e. The summed E-state index contributed by atoms with van der Waals surface area (Å²) in [4.78, 5) is 4.61. The smallest absolute Gasteiger partial charge is 0.232 e. The Morgan fingerprint density at radius 3 is 2.35 bits per heavy atom. The van der Waals surface area contributed by atoms with Gasteiger partial charge in [0.15, 0.2) is 0 Å². The molecule has 1 atom stereocenters. The molecule has 0 spiro atoms. The van der Waals surface area contributed by atoms with Crippen molar-refractivity contribution in [3.05, 3.63) is 71.8 Å². The lowest BCUT2D eigenvalue weighted by Gasteiger charge is -2.27. The van der Waals surface area contributed by atoms with E-state index in [1.165, 1.54) is 12.8 Å². The Hall–Kier alpha value is -2.67. The molecule has 1 aromatic heterocycles. The molecule has 1 fully saturated rings. The predicted molar refractivity (Wildman–Crippen MR) is 136 cm³/mol. The van der Waals surface area contributed by atoms with Crippen LogP contribution in [0.3, 0.4) is 0 Å². The fourth-order valence-electron chi connectivity index (χ4n) is 4.62. The Morgan fingerprint density at radius 2 is 1.68 bits per heavy atom. The molecule has 4 rings (SSSR count). The van der Waals surface area contributed by atoms with Crippen LogP contribution in [0, 0.1) is 5.92 Å². The van der Waals surface area contributed by atoms with Crippen LogP contribution in [-0.4, -0.2) is 54.1 Å². The highest BCUT2D eigenvalue weighted by atomic mass is 16.5. The second-order valence-corrected chi connectivity index (χ2v) is 9.62. The van der Waals surface area contributed by atoms with E-state index < -0.39 is 6.10 Å². The van der Waals surface area contributed by atoms with Crippen LogP contribution in [0.4, 0.5) is 5.88 Å². The van der Waals surface area contributed by atoms with Crippen LogP contribution in [0.15, 0.2) is 65.2 Å². The Morgan fingerprint density at radius 1 is 1.00 bits per heavy atom. The van der Waals surface area contributed by atoms with E-state index in [0.717, 1.165) is 47.9 Å². The van der Waals surface area contributed by atoms with E-state index in [1.54, 1.807) is 0 Å². The first-order valence-corrected chi connectivity index (χ1v) is 12.4. The summed E-state index contributed by atoms with van der Waals surface area (Å²) in [6.45, 7) is 9.29. The third-order valence-electron chi connectivity index (χ3n) is 6.10. The minimum Gasteiger partial charge on any atom is -0.389 e. The molecule has 0 radical (unpaired) electrons. The van der Waals surface area contributed by atoms with E-state index in [1.807, 2.05) is 48.5 Å². The largest absolute Gasteiger partial charge is 0.389 e. The molecule has 34 heavy (non-hydrogen) atoms. The lowest BCUT2D eigenvalue weighted by molar-refractivity contribution is 0.00680. The molecule has 0 unspecified atom stereocenters. The average molecular weight is 464 g/mol. The number of aromatic nitrogens is 1. The molecule has 0 aliphatic carbocycles. The van der Waals surface area contributed by atoms with E-state index in [2.05, 4.69) is 40.9 Å². The minimum atomic E-state index is -0.572. The maximum absolute atomic E-state index is 10.8. The molecule has 6 heteroatoms. The van der Waals surface area contributed by atoms with Gasteiger partial charge in [0, 0.05) is 38.3 Å². The van der Waals surface area contributed by atoms with Crippen LogP contribution in [0.1, 0.15) is 37.8 Å². The van der Waals surface area contributed by atoms with Crippen molar-refractivity contribution in [1.29, 1.82) is 0 Å². The first kappa shape index (κ1) is 24.5. The summed E-state index contributed by atoms with van der Waals surface area (Å²) in [6, 6.07) is 20.3. The molecule has 1 N–H and O–H groups in total. The zero-order valence-corrected chi connectivity index (χ0v) is 20.4. The molecule has 1 aliphatic rings. The summed E-state index contributed by atoms with van der Waals surface area (Å²) in [5.41, 5.74) is 4.17. The predicted octanol–water partition coefficient (Wildman–Crippen LogP) is 4.98. The molecular formula is C28H37N3O3. The number of anilines is 1. The molecule has 6 nitrogen and oxygen atoms in total. The Kier molecular flexibility index (Phi) is 8.74. The van der Waals surface area contributed by atoms with Gasteiger partial charge in [-0.2, -0.15) is 0 Å². The molecule has 182 valence electrons. The highest BCUT2D eigenvalue weighted by Gasteiger charge is 2.27. The number of nitrogens with zero attached hydrogens (tertiary/aromatic N) is 3. The van der Waals surface area contributed by atoms with Gasteiger partial charge in [-0.05, 0) is 24.3 Å². The van der Waals surface area contributed by atoms with Gasteiger partial charge in [-0.1, -0.05) is 79.7 Å². The number of rotatable bonds is 12. The van der Waals surface area contributed by atoms with Gasteiger partial charge in [-0.3, -0.25) is 4.90 Å². The van der Waals surface area contributed by atoms with Gasteiger partial charge in [0.1, 0.15) is 5.69 Å². The molecule has 3 aromatic rings. The fraction of sp³-hybridized carbons (Fsp3) is 0.464. The number of aliphatic hydroxyl groups excluding tert-OH is 1. The number of aliphatic hydroxyl groups is 1. The number of hydrogen-bond acceptors (Lipinski definition) is 6. The van der Waals surface area contributed by atoms with Crippen molar-refractivity contribution in [2.75, 3.05) is 37.7 Å². The first-order valence-electron chi connectivity index (χ1n) is 12.4. The van der Waals surface area contributed by atoms with Crippen molar-refractivity contribution in [1.82, 2.24) is 10.1 Å². The highest BCUT2D eigenvalue weighted by Crippen LogP contribution is 2.34. The lowest BCUT2D eigenvalue weighted by Crippen LogP contribution is -2.37. The molecule has 0 bridgehead atoms. The van der Waals surface area contributed by atoms with Gasteiger partial charge in [0.2, 0.25) is 5.88 Å². The summed E-state index contributed by atoms with van der Waals surface area (Å²) < 4.78 is 11.7. The first-order chi connectivity index (χ1) is 16.6. The zero-order chi connectivity index (χ0) is 23.8. The van der Waals surface area contributed by atoms with Gasteiger partial charge in [0.05, 0.1) is 24.9 Å². The lowest BCUT2D eigenvalue weighted by atomic mass is 10.1. The minimum absolute atomic E-state index is 0.303. The van der Waals surface area contributed by atoms with Crippen molar-refractivity contribution in [2.24, 2.45) is 5.92 Å². The molecule has 2 heterocycles. The van der Waals surface area contributed by atoms with Crippen molar-refractivity contribution in [3.63, 3.8) is 0 Å². The SMILES string of the molecule is CC(C)CN(Cc1c(-c2ccccc2)noc1N1CCCC1)C[C@H](O)COCc1ccccc1. The molecule has 0 amide bonds. The van der Waals surface area contributed by atoms with Gasteiger partial charge in [-0.15, -0.1) is 0 Å². The Labute approximate surface area is 203 Å². The second-order valence-electron chi connectivity index (χ2n) is 9.62. The zero-order valence-electron chi connectivity index (χ0n) is 20.4. The maximum atomic E-state index is 10.8. The van der Waals surface area contributed by atoms with Gasteiger partial charge in [-0.25, -0.2) is 0 Å². The van der Waals surface area contributed by atoms with Crippen LogP contribution in [-0.2, 0) is 17.9 Å². The van der Waals surface area contributed by atoms with Crippen molar-refractivity contribution in [2.45, 2.75) is 45.9 Å². The van der Waals surface area contributed by atoms with E-state index in [-0.39, 0.29) is 0 Å². The van der Waals surface area contributed by atoms with Crippen molar-refractivity contribution < 1.29 is 14.4 Å². The monoisotopic (exact) mass is 463 g/mol. The summed E-state index contributed by atoms with van der Waals surface area (Å²) in [5, 5.41) is 15.3. The van der Waals surface area contributed by atoms with Gasteiger partial charge >= 0.3 is 0 Å². The quantitative estimate of drug-likeness (QED) is 0.409. The normalized spacial score (nSPS) is 14.9. The van der Waals surface area contributed by atoms with Gasteiger partial charge < -0.3 is 19.3 Å². The fourth-order valence-corrected chi connectivity index (χ4v) is 4.62. The van der Waals surface area contributed by atoms with Crippen LogP contribution in [0.5, 0.6) is 0 Å². The standard InChI is InChI=1S/C28H37N3O3/c1-22(2)17-30(18-25(32)21-33-20-23-11-5-3-6-12-23)19-26-27(24-13-7-4-8-14-24)29-34-28(26)31-15-9-10-16-31/h3-8,11-14,22,25,32H,9-10,15-21H2,1-2H3/t25-/m0/s1. The van der Waals surface area contributed by atoms with Crippen LogP contribution < -0.4 is 4.90 Å². The number of hydrogen-bond donors (Lipinski definition) is 1. The topological polar surface area (TPSA) is 62.0 Å². The van der Waals surface area contributed by atoms with Crippen LogP contribution in [0.25, 0.3) is 11.3 Å². The number of ether oxygens (including phenoxy) is 1. The average Bonchev–Trinajstić information content (AvgIpc) is 3.50. The third-order valence-corrected chi connectivity index (χ3v) is 6.10. The molecule has 0 saturated carbocycles. The number of benzene rings is 2. The molecule has 1 saturated heterocycles. The summed E-state index contributed by atoms with van der Waals surface area (Å²) >= 11 is 0. The van der Waals surface area contributed by atoms with Crippen LogP contribution >= 0.6 is 0 Å². The van der Waals surface area contributed by atoms with Gasteiger partial charge in [0.25, 0.3) is 0 Å². The highest BCUT2D eigenvalue weighted by molar-refractivity contribution is 5.68. The Bertz CT molecular complexity index is 985. The summed E-state index contributed by atoms with van der Waals surface area (Å²) in [6.07, 6.45) is 1.78. The van der Waals surface area contributed by atoms with E-state index in [4.69, 9.17) is 9.26 Å². The summed E-state index contributed by atoms with van der Waals surface area (Å²) in [7, 11) is 0.